The van der Waals surface area contributed by atoms with Crippen molar-refractivity contribution in [2.75, 3.05) is 0 Å². The molecule has 1 atom stereocenters. The van der Waals surface area contributed by atoms with Crippen molar-refractivity contribution in [1.29, 1.82) is 5.26 Å². The zero-order valence-electron chi connectivity index (χ0n) is 13.0. The third-order valence-electron chi connectivity index (χ3n) is 4.03. The molecule has 2 aromatic rings. The van der Waals surface area contributed by atoms with Crippen molar-refractivity contribution in [2.24, 2.45) is 0 Å². The maximum Gasteiger partial charge on any atom is 0.247 e. The van der Waals surface area contributed by atoms with Crippen LogP contribution in [0.2, 0.25) is 0 Å². The fourth-order valence-electron chi connectivity index (χ4n) is 2.63. The standard InChI is InChI=1S/C19H18N2O2/c1-14(18-3-2-12-23-18)21(17-9-10-17)19(22)11-8-15-4-6-16(13-20)7-5-15/h2-8,11-12,14,17H,9-10H2,1H3/b11-8+. The summed E-state index contributed by atoms with van der Waals surface area (Å²) in [5, 5.41) is 8.80. The first-order valence-electron chi connectivity index (χ1n) is 7.73. The number of nitrogens with zero attached hydrogens (tertiary/aromatic N) is 2. The number of carbonyl (C=O) groups is 1. The fourth-order valence-corrected chi connectivity index (χ4v) is 2.63. The lowest BCUT2D eigenvalue weighted by Gasteiger charge is -2.26. The van der Waals surface area contributed by atoms with Crippen molar-refractivity contribution in [2.45, 2.75) is 31.8 Å². The first-order chi connectivity index (χ1) is 11.2. The predicted octanol–water partition coefficient (Wildman–Crippen LogP) is 3.92. The molecule has 0 bridgehead atoms. The zero-order valence-corrected chi connectivity index (χ0v) is 13.0. The van der Waals surface area contributed by atoms with Crippen LogP contribution in [0, 0.1) is 11.3 Å². The van der Waals surface area contributed by atoms with Gasteiger partial charge in [0.2, 0.25) is 5.91 Å². The lowest BCUT2D eigenvalue weighted by atomic mass is 10.1. The van der Waals surface area contributed by atoms with Crippen LogP contribution >= 0.6 is 0 Å². The van der Waals surface area contributed by atoms with Gasteiger partial charge in [-0.3, -0.25) is 4.79 Å². The minimum atomic E-state index is -0.0735. The zero-order chi connectivity index (χ0) is 16.2. The third kappa shape index (κ3) is 3.51. The van der Waals surface area contributed by atoms with Crippen LogP contribution in [0.15, 0.2) is 53.2 Å². The highest BCUT2D eigenvalue weighted by molar-refractivity contribution is 5.92. The van der Waals surface area contributed by atoms with Gasteiger partial charge in [-0.25, -0.2) is 0 Å². The molecular weight excluding hydrogens is 288 g/mol. The van der Waals surface area contributed by atoms with Gasteiger partial charge in [0.1, 0.15) is 5.76 Å². The molecule has 1 fully saturated rings. The Morgan fingerprint density at radius 1 is 1.35 bits per heavy atom. The summed E-state index contributed by atoms with van der Waals surface area (Å²) in [6.45, 7) is 1.99. The van der Waals surface area contributed by atoms with E-state index in [9.17, 15) is 4.79 Å². The molecule has 4 nitrogen and oxygen atoms in total. The Kier molecular flexibility index (Phi) is 4.29. The van der Waals surface area contributed by atoms with Crippen LogP contribution in [-0.2, 0) is 4.79 Å². The summed E-state index contributed by atoms with van der Waals surface area (Å²) in [7, 11) is 0. The van der Waals surface area contributed by atoms with Gasteiger partial charge in [0.15, 0.2) is 0 Å². The highest BCUT2D eigenvalue weighted by Gasteiger charge is 2.36. The maximum absolute atomic E-state index is 12.6. The average molecular weight is 306 g/mol. The van der Waals surface area contributed by atoms with Crippen LogP contribution in [0.4, 0.5) is 0 Å². The monoisotopic (exact) mass is 306 g/mol. The van der Waals surface area contributed by atoms with Gasteiger partial charge in [-0.1, -0.05) is 12.1 Å². The van der Waals surface area contributed by atoms with Gasteiger partial charge in [0.05, 0.1) is 23.9 Å². The summed E-state index contributed by atoms with van der Waals surface area (Å²) in [6, 6.07) is 13.2. The molecule has 1 unspecified atom stereocenters. The van der Waals surface area contributed by atoms with E-state index >= 15 is 0 Å². The quantitative estimate of drug-likeness (QED) is 0.787. The van der Waals surface area contributed by atoms with E-state index < -0.39 is 0 Å². The van der Waals surface area contributed by atoms with Gasteiger partial charge in [0, 0.05) is 12.1 Å². The summed E-state index contributed by atoms with van der Waals surface area (Å²) in [4.78, 5) is 14.5. The Balaban J connectivity index is 1.73. The van der Waals surface area contributed by atoms with Crippen LogP contribution < -0.4 is 0 Å². The van der Waals surface area contributed by atoms with Crippen LogP contribution in [0.5, 0.6) is 0 Å². The molecule has 1 aliphatic carbocycles. The number of nitriles is 1. The normalized spacial score (nSPS) is 15.3. The minimum Gasteiger partial charge on any atom is -0.467 e. The number of benzene rings is 1. The summed E-state index contributed by atoms with van der Waals surface area (Å²) < 4.78 is 5.44. The van der Waals surface area contributed by atoms with E-state index in [0.29, 0.717) is 11.6 Å². The molecule has 1 aromatic carbocycles. The van der Waals surface area contributed by atoms with Gasteiger partial charge in [-0.15, -0.1) is 0 Å². The maximum atomic E-state index is 12.6. The van der Waals surface area contributed by atoms with Gasteiger partial charge in [-0.2, -0.15) is 5.26 Å². The minimum absolute atomic E-state index is 0.0132. The summed E-state index contributed by atoms with van der Waals surface area (Å²) >= 11 is 0. The molecule has 0 radical (unpaired) electrons. The molecule has 23 heavy (non-hydrogen) atoms. The lowest BCUT2D eigenvalue weighted by Crippen LogP contribution is -2.34. The lowest BCUT2D eigenvalue weighted by molar-refractivity contribution is -0.129. The smallest absolute Gasteiger partial charge is 0.247 e. The predicted molar refractivity (Wildman–Crippen MR) is 87.2 cm³/mol. The number of rotatable bonds is 5. The van der Waals surface area contributed by atoms with Gasteiger partial charge in [0.25, 0.3) is 0 Å². The molecule has 0 aliphatic heterocycles. The van der Waals surface area contributed by atoms with Crippen molar-refractivity contribution < 1.29 is 9.21 Å². The number of furan rings is 1. The molecule has 3 rings (SSSR count). The highest BCUT2D eigenvalue weighted by atomic mass is 16.3. The fraction of sp³-hybridized carbons (Fsp3) is 0.263. The molecule has 1 aliphatic rings. The van der Waals surface area contributed by atoms with Gasteiger partial charge >= 0.3 is 0 Å². The Labute approximate surface area is 135 Å². The van der Waals surface area contributed by atoms with E-state index in [1.54, 1.807) is 30.5 Å². The van der Waals surface area contributed by atoms with Crippen LogP contribution in [0.25, 0.3) is 6.08 Å². The molecule has 1 saturated carbocycles. The Hall–Kier alpha value is -2.80. The Morgan fingerprint density at radius 2 is 2.09 bits per heavy atom. The van der Waals surface area contributed by atoms with Crippen LogP contribution in [0.3, 0.4) is 0 Å². The highest BCUT2D eigenvalue weighted by Crippen LogP contribution is 2.34. The van der Waals surface area contributed by atoms with Gasteiger partial charge < -0.3 is 9.32 Å². The summed E-state index contributed by atoms with van der Waals surface area (Å²) in [5.41, 5.74) is 1.51. The molecule has 4 heteroatoms. The third-order valence-corrected chi connectivity index (χ3v) is 4.03. The second-order valence-corrected chi connectivity index (χ2v) is 5.74. The number of hydrogen-bond donors (Lipinski definition) is 0. The molecule has 1 heterocycles. The van der Waals surface area contributed by atoms with E-state index in [0.717, 1.165) is 24.2 Å². The molecule has 116 valence electrons. The number of hydrogen-bond acceptors (Lipinski definition) is 3. The average Bonchev–Trinajstić information content (AvgIpc) is 3.25. The van der Waals surface area contributed by atoms with Gasteiger partial charge in [-0.05, 0) is 55.7 Å². The molecule has 0 saturated heterocycles. The van der Waals surface area contributed by atoms with E-state index in [1.165, 1.54) is 0 Å². The number of amides is 1. The van der Waals surface area contributed by atoms with E-state index in [2.05, 4.69) is 6.07 Å². The Bertz CT molecular complexity index is 735. The Morgan fingerprint density at radius 3 is 2.65 bits per heavy atom. The number of carbonyl (C=O) groups excluding carboxylic acids is 1. The molecule has 0 spiro atoms. The second kappa shape index (κ2) is 6.53. The summed E-state index contributed by atoms with van der Waals surface area (Å²) in [5.74, 6) is 0.790. The first-order valence-corrected chi connectivity index (χ1v) is 7.73. The van der Waals surface area contributed by atoms with Crippen molar-refractivity contribution in [1.82, 2.24) is 4.90 Å². The molecule has 1 aromatic heterocycles. The molecule has 0 N–H and O–H groups in total. The second-order valence-electron chi connectivity index (χ2n) is 5.74. The first kappa shape index (κ1) is 15.1. The van der Waals surface area contributed by atoms with Crippen molar-refractivity contribution >= 4 is 12.0 Å². The molecular formula is C19H18N2O2. The van der Waals surface area contributed by atoms with E-state index in [1.807, 2.05) is 36.1 Å². The van der Waals surface area contributed by atoms with Crippen molar-refractivity contribution in [3.05, 3.63) is 65.6 Å². The van der Waals surface area contributed by atoms with E-state index in [4.69, 9.17) is 9.68 Å². The van der Waals surface area contributed by atoms with E-state index in [-0.39, 0.29) is 11.9 Å². The topological polar surface area (TPSA) is 57.2 Å². The summed E-state index contributed by atoms with van der Waals surface area (Å²) in [6.07, 6.45) is 7.10. The van der Waals surface area contributed by atoms with Crippen LogP contribution in [0.1, 0.15) is 42.7 Å². The van der Waals surface area contributed by atoms with Crippen LogP contribution in [-0.4, -0.2) is 16.8 Å². The van der Waals surface area contributed by atoms with Crippen molar-refractivity contribution in [3.63, 3.8) is 0 Å². The largest absolute Gasteiger partial charge is 0.467 e. The molecule has 1 amide bonds. The SMILES string of the molecule is CC(c1ccco1)N(C(=O)/C=C/c1ccc(C#N)cc1)C1CC1. The van der Waals surface area contributed by atoms with Crippen molar-refractivity contribution in [3.8, 4) is 6.07 Å².